The summed E-state index contributed by atoms with van der Waals surface area (Å²) >= 11 is 12.1. The maximum Gasteiger partial charge on any atom is 0.246 e. The normalized spacial score (nSPS) is 15.0. The Balaban J connectivity index is 1.67. The molecule has 0 aliphatic carbocycles. The predicted octanol–water partition coefficient (Wildman–Crippen LogP) is 4.87. The first kappa shape index (κ1) is 19.5. The van der Waals surface area contributed by atoms with E-state index in [2.05, 4.69) is 10.6 Å². The van der Waals surface area contributed by atoms with E-state index in [0.717, 1.165) is 29.9 Å². The molecule has 3 rings (SSSR count). The fourth-order valence-corrected chi connectivity index (χ4v) is 3.46. The lowest BCUT2D eigenvalue weighted by Crippen LogP contribution is -2.32. The van der Waals surface area contributed by atoms with E-state index in [4.69, 9.17) is 23.2 Å². The Morgan fingerprint density at radius 2 is 2.00 bits per heavy atom. The van der Waals surface area contributed by atoms with Gasteiger partial charge in [0.1, 0.15) is 6.04 Å². The third-order valence-electron chi connectivity index (χ3n) is 4.55. The van der Waals surface area contributed by atoms with Crippen LogP contribution in [0.2, 0.25) is 10.0 Å². The Labute approximate surface area is 168 Å². The lowest BCUT2D eigenvalue weighted by atomic mass is 10.1. The zero-order valence-electron chi connectivity index (χ0n) is 15.2. The number of nitrogens with one attached hydrogen (secondary N) is 2. The monoisotopic (exact) mass is 405 g/mol. The highest BCUT2D eigenvalue weighted by Gasteiger charge is 2.23. The summed E-state index contributed by atoms with van der Waals surface area (Å²) in [5.74, 6) is -0.0689. The fraction of sp³-hybridized carbons (Fsp3) is 0.300. The van der Waals surface area contributed by atoms with Gasteiger partial charge in [0, 0.05) is 24.3 Å². The van der Waals surface area contributed by atoms with Crippen LogP contribution < -0.4 is 15.5 Å². The van der Waals surface area contributed by atoms with Crippen LogP contribution in [-0.2, 0) is 9.59 Å². The first-order valence-corrected chi connectivity index (χ1v) is 9.55. The first-order chi connectivity index (χ1) is 12.9. The largest absolute Gasteiger partial charge is 0.374 e. The minimum absolute atomic E-state index is 0.157. The van der Waals surface area contributed by atoms with Gasteiger partial charge in [0.2, 0.25) is 11.8 Å². The Hall–Kier alpha value is -2.24. The highest BCUT2D eigenvalue weighted by molar-refractivity contribution is 6.44. The Morgan fingerprint density at radius 1 is 1.22 bits per heavy atom. The van der Waals surface area contributed by atoms with E-state index in [0.29, 0.717) is 22.2 Å². The van der Waals surface area contributed by atoms with Crippen molar-refractivity contribution >= 4 is 52.1 Å². The number of halogens is 2. The molecular weight excluding hydrogens is 385 g/mol. The maximum atomic E-state index is 12.5. The van der Waals surface area contributed by atoms with E-state index < -0.39 is 6.04 Å². The van der Waals surface area contributed by atoms with E-state index in [1.165, 1.54) is 0 Å². The van der Waals surface area contributed by atoms with E-state index >= 15 is 0 Å². The molecule has 0 radical (unpaired) electrons. The van der Waals surface area contributed by atoms with Gasteiger partial charge in [0.15, 0.2) is 0 Å². The van der Waals surface area contributed by atoms with Crippen molar-refractivity contribution in [3.05, 3.63) is 52.0 Å². The number of nitrogens with zero attached hydrogens (tertiary/aromatic N) is 1. The Morgan fingerprint density at radius 3 is 2.67 bits per heavy atom. The number of hydrogen-bond donors (Lipinski definition) is 2. The fourth-order valence-electron chi connectivity index (χ4n) is 3.11. The summed E-state index contributed by atoms with van der Waals surface area (Å²) < 4.78 is 0. The summed E-state index contributed by atoms with van der Waals surface area (Å²) in [7, 11) is 0. The summed E-state index contributed by atoms with van der Waals surface area (Å²) in [5, 5.41) is 6.65. The van der Waals surface area contributed by atoms with Gasteiger partial charge in [-0.15, -0.1) is 0 Å². The van der Waals surface area contributed by atoms with Crippen LogP contribution >= 0.6 is 23.2 Å². The van der Waals surface area contributed by atoms with Crippen LogP contribution in [0.1, 0.15) is 25.3 Å². The lowest BCUT2D eigenvalue weighted by molar-refractivity contribution is -0.117. The molecule has 0 bridgehead atoms. The van der Waals surface area contributed by atoms with Gasteiger partial charge in [0.25, 0.3) is 0 Å². The predicted molar refractivity (Wildman–Crippen MR) is 111 cm³/mol. The highest BCUT2D eigenvalue weighted by atomic mass is 35.5. The molecule has 1 unspecified atom stereocenters. The van der Waals surface area contributed by atoms with Crippen LogP contribution in [0.25, 0.3) is 0 Å². The van der Waals surface area contributed by atoms with E-state index in [9.17, 15) is 9.59 Å². The van der Waals surface area contributed by atoms with Gasteiger partial charge in [-0.1, -0.05) is 29.3 Å². The number of hydrogen-bond acceptors (Lipinski definition) is 3. The van der Waals surface area contributed by atoms with Crippen molar-refractivity contribution in [2.75, 3.05) is 22.1 Å². The van der Waals surface area contributed by atoms with Crippen LogP contribution in [0.3, 0.4) is 0 Å². The van der Waals surface area contributed by atoms with Crippen LogP contribution in [0.15, 0.2) is 36.4 Å². The maximum absolute atomic E-state index is 12.5. The number of carbonyl (C=O) groups is 2. The van der Waals surface area contributed by atoms with E-state index in [1.807, 2.05) is 30.0 Å². The Bertz CT molecular complexity index is 886. The molecule has 1 heterocycles. The summed E-state index contributed by atoms with van der Waals surface area (Å²) in [4.78, 5) is 26.2. The summed E-state index contributed by atoms with van der Waals surface area (Å²) in [5.41, 5.74) is 3.19. The second-order valence-electron chi connectivity index (χ2n) is 6.61. The van der Waals surface area contributed by atoms with Gasteiger partial charge >= 0.3 is 0 Å². The molecule has 2 N–H and O–H groups in total. The van der Waals surface area contributed by atoms with Crippen molar-refractivity contribution in [2.45, 2.75) is 32.7 Å². The van der Waals surface area contributed by atoms with Gasteiger partial charge in [-0.25, -0.2) is 0 Å². The smallest absolute Gasteiger partial charge is 0.246 e. The van der Waals surface area contributed by atoms with Crippen LogP contribution in [0.5, 0.6) is 0 Å². The molecule has 0 aromatic heterocycles. The number of amides is 2. The van der Waals surface area contributed by atoms with Gasteiger partial charge in [-0.2, -0.15) is 0 Å². The number of carbonyl (C=O) groups excluding carboxylic acids is 2. The van der Waals surface area contributed by atoms with Crippen LogP contribution in [0, 0.1) is 6.92 Å². The molecule has 2 amide bonds. The molecule has 7 heteroatoms. The van der Waals surface area contributed by atoms with Crippen LogP contribution in [-0.4, -0.2) is 24.4 Å². The molecule has 1 aliphatic heterocycles. The molecule has 1 fully saturated rings. The number of rotatable bonds is 5. The third kappa shape index (κ3) is 4.37. The van der Waals surface area contributed by atoms with Crippen molar-refractivity contribution in [2.24, 2.45) is 0 Å². The molecule has 1 saturated heterocycles. The van der Waals surface area contributed by atoms with Crippen LogP contribution in [0.4, 0.5) is 17.1 Å². The molecule has 1 atom stereocenters. The molecule has 0 saturated carbocycles. The molecule has 142 valence electrons. The summed E-state index contributed by atoms with van der Waals surface area (Å²) in [6.45, 7) is 4.48. The summed E-state index contributed by atoms with van der Waals surface area (Å²) in [6, 6.07) is 10.3. The van der Waals surface area contributed by atoms with Gasteiger partial charge in [0.05, 0.1) is 15.7 Å². The van der Waals surface area contributed by atoms with Crippen molar-refractivity contribution in [1.29, 1.82) is 0 Å². The second kappa shape index (κ2) is 8.19. The minimum atomic E-state index is -0.487. The Kier molecular flexibility index (Phi) is 5.92. The van der Waals surface area contributed by atoms with Crippen molar-refractivity contribution < 1.29 is 9.59 Å². The molecule has 1 aliphatic rings. The molecule has 5 nitrogen and oxygen atoms in total. The summed E-state index contributed by atoms with van der Waals surface area (Å²) in [6.07, 6.45) is 1.49. The standard InChI is InChI=1S/C20H21Cl2N3O2/c1-12-11-14(8-9-17(12)25-10-4-7-18(25)26)23-13(2)20(27)24-16-6-3-5-15(21)19(16)22/h3,5-6,8-9,11,13,23H,4,7,10H2,1-2H3,(H,24,27). The molecule has 0 spiro atoms. The van der Waals surface area contributed by atoms with E-state index in [1.54, 1.807) is 25.1 Å². The number of aryl methyl sites for hydroxylation is 1. The average molecular weight is 406 g/mol. The first-order valence-electron chi connectivity index (χ1n) is 8.79. The minimum Gasteiger partial charge on any atom is -0.374 e. The van der Waals surface area contributed by atoms with Gasteiger partial charge < -0.3 is 15.5 Å². The zero-order chi connectivity index (χ0) is 19.6. The van der Waals surface area contributed by atoms with Crippen molar-refractivity contribution in [1.82, 2.24) is 0 Å². The molecular formula is C20H21Cl2N3O2. The topological polar surface area (TPSA) is 61.4 Å². The zero-order valence-corrected chi connectivity index (χ0v) is 16.7. The van der Waals surface area contributed by atoms with Gasteiger partial charge in [-0.05, 0) is 56.2 Å². The third-order valence-corrected chi connectivity index (χ3v) is 5.37. The molecule has 2 aromatic rings. The average Bonchev–Trinajstić information content (AvgIpc) is 3.05. The number of benzene rings is 2. The highest BCUT2D eigenvalue weighted by Crippen LogP contribution is 2.30. The quantitative estimate of drug-likeness (QED) is 0.745. The van der Waals surface area contributed by atoms with E-state index in [-0.39, 0.29) is 11.8 Å². The number of anilines is 3. The molecule has 2 aromatic carbocycles. The second-order valence-corrected chi connectivity index (χ2v) is 7.39. The van der Waals surface area contributed by atoms with Crippen molar-refractivity contribution in [3.8, 4) is 0 Å². The van der Waals surface area contributed by atoms with Crippen molar-refractivity contribution in [3.63, 3.8) is 0 Å². The van der Waals surface area contributed by atoms with Gasteiger partial charge in [-0.3, -0.25) is 9.59 Å². The molecule has 27 heavy (non-hydrogen) atoms. The SMILES string of the molecule is Cc1cc(NC(C)C(=O)Nc2cccc(Cl)c2Cl)ccc1N1CCCC1=O. The lowest BCUT2D eigenvalue weighted by Gasteiger charge is -2.21.